The molecule has 1 aromatic carbocycles. The Morgan fingerprint density at radius 3 is 2.75 bits per heavy atom. The Labute approximate surface area is 129 Å². The molecule has 0 atom stereocenters. The van der Waals surface area contributed by atoms with Crippen LogP contribution in [0.3, 0.4) is 0 Å². The van der Waals surface area contributed by atoms with Crippen LogP contribution in [0.5, 0.6) is 0 Å². The topological polar surface area (TPSA) is 58.2 Å². The number of thiophene rings is 1. The van der Waals surface area contributed by atoms with Crippen LogP contribution in [-0.2, 0) is 11.3 Å². The molecular weight excluding hydrogens is 340 g/mol. The Morgan fingerprint density at radius 2 is 2.10 bits per heavy atom. The van der Waals surface area contributed by atoms with Crippen molar-refractivity contribution in [3.8, 4) is 0 Å². The zero-order valence-corrected chi connectivity index (χ0v) is 13.2. The van der Waals surface area contributed by atoms with E-state index in [1.165, 1.54) is 6.92 Å². The molecule has 2 amide bonds. The first-order valence-electron chi connectivity index (χ1n) is 5.93. The number of carbonyl (C=O) groups is 2. The summed E-state index contributed by atoms with van der Waals surface area (Å²) in [6.45, 7) is 1.92. The normalized spacial score (nSPS) is 10.1. The van der Waals surface area contributed by atoms with E-state index < -0.39 is 0 Å². The first kappa shape index (κ1) is 14.7. The summed E-state index contributed by atoms with van der Waals surface area (Å²) in [5, 5.41) is 7.47. The van der Waals surface area contributed by atoms with Crippen molar-refractivity contribution in [3.63, 3.8) is 0 Å². The molecule has 104 valence electrons. The van der Waals surface area contributed by atoms with Crippen LogP contribution in [0.1, 0.15) is 22.2 Å². The molecule has 0 radical (unpaired) electrons. The van der Waals surface area contributed by atoms with E-state index in [2.05, 4.69) is 26.6 Å². The zero-order valence-electron chi connectivity index (χ0n) is 10.8. The molecule has 2 aromatic rings. The Balaban J connectivity index is 1.99. The van der Waals surface area contributed by atoms with E-state index in [-0.39, 0.29) is 11.8 Å². The molecule has 0 aliphatic heterocycles. The SMILES string of the molecule is CC(=O)Nc1cccc(C(=O)NCc2cc(Br)cs2)c1. The van der Waals surface area contributed by atoms with Crippen LogP contribution in [0.4, 0.5) is 5.69 Å². The van der Waals surface area contributed by atoms with Crippen molar-refractivity contribution in [2.45, 2.75) is 13.5 Å². The number of nitrogens with one attached hydrogen (secondary N) is 2. The number of anilines is 1. The Bertz CT molecular complexity index is 640. The lowest BCUT2D eigenvalue weighted by atomic mass is 10.2. The average Bonchev–Trinajstić information content (AvgIpc) is 2.81. The highest BCUT2D eigenvalue weighted by Gasteiger charge is 2.07. The number of hydrogen-bond donors (Lipinski definition) is 2. The summed E-state index contributed by atoms with van der Waals surface area (Å²) in [5.41, 5.74) is 1.14. The summed E-state index contributed by atoms with van der Waals surface area (Å²) in [7, 11) is 0. The fourth-order valence-electron chi connectivity index (χ4n) is 1.66. The van der Waals surface area contributed by atoms with Gasteiger partial charge in [-0.2, -0.15) is 0 Å². The lowest BCUT2D eigenvalue weighted by molar-refractivity contribution is -0.114. The van der Waals surface area contributed by atoms with Crippen molar-refractivity contribution in [1.29, 1.82) is 0 Å². The minimum Gasteiger partial charge on any atom is -0.347 e. The second-order valence-electron chi connectivity index (χ2n) is 4.18. The molecule has 1 heterocycles. The van der Waals surface area contributed by atoms with E-state index in [9.17, 15) is 9.59 Å². The van der Waals surface area contributed by atoms with Crippen molar-refractivity contribution >= 4 is 44.8 Å². The van der Waals surface area contributed by atoms with Crippen molar-refractivity contribution in [2.24, 2.45) is 0 Å². The van der Waals surface area contributed by atoms with Gasteiger partial charge in [-0.05, 0) is 40.2 Å². The highest BCUT2D eigenvalue weighted by Crippen LogP contribution is 2.19. The van der Waals surface area contributed by atoms with Gasteiger partial charge in [-0.25, -0.2) is 0 Å². The monoisotopic (exact) mass is 352 g/mol. The molecule has 2 N–H and O–H groups in total. The number of hydrogen-bond acceptors (Lipinski definition) is 3. The first-order valence-corrected chi connectivity index (χ1v) is 7.60. The summed E-state index contributed by atoms with van der Waals surface area (Å²) in [5.74, 6) is -0.326. The van der Waals surface area contributed by atoms with E-state index in [0.29, 0.717) is 17.8 Å². The molecule has 0 saturated carbocycles. The van der Waals surface area contributed by atoms with Gasteiger partial charge in [0.15, 0.2) is 0 Å². The second-order valence-corrected chi connectivity index (χ2v) is 6.09. The molecule has 1 aromatic heterocycles. The van der Waals surface area contributed by atoms with Gasteiger partial charge in [-0.15, -0.1) is 11.3 Å². The van der Waals surface area contributed by atoms with Crippen LogP contribution < -0.4 is 10.6 Å². The van der Waals surface area contributed by atoms with Gasteiger partial charge in [0.1, 0.15) is 0 Å². The highest BCUT2D eigenvalue weighted by molar-refractivity contribution is 9.10. The molecule has 0 aliphatic carbocycles. The van der Waals surface area contributed by atoms with Gasteiger partial charge in [0.2, 0.25) is 5.91 Å². The van der Waals surface area contributed by atoms with Crippen LogP contribution in [0.15, 0.2) is 40.2 Å². The Hall–Kier alpha value is -1.66. The van der Waals surface area contributed by atoms with Crippen molar-refractivity contribution in [1.82, 2.24) is 5.32 Å². The molecule has 2 rings (SSSR count). The third-order valence-electron chi connectivity index (χ3n) is 2.49. The van der Waals surface area contributed by atoms with Gasteiger partial charge >= 0.3 is 0 Å². The van der Waals surface area contributed by atoms with E-state index in [4.69, 9.17) is 0 Å². The maximum absolute atomic E-state index is 12.0. The van der Waals surface area contributed by atoms with E-state index in [0.717, 1.165) is 9.35 Å². The third-order valence-corrected chi connectivity index (χ3v) is 4.19. The Kier molecular flexibility index (Phi) is 4.92. The maximum atomic E-state index is 12.0. The largest absolute Gasteiger partial charge is 0.347 e. The molecule has 6 heteroatoms. The number of amides is 2. The van der Waals surface area contributed by atoms with E-state index in [1.807, 2.05) is 11.4 Å². The van der Waals surface area contributed by atoms with Crippen molar-refractivity contribution in [3.05, 3.63) is 50.6 Å². The molecule has 0 spiro atoms. The van der Waals surface area contributed by atoms with E-state index in [1.54, 1.807) is 35.6 Å². The van der Waals surface area contributed by atoms with Crippen LogP contribution >= 0.6 is 27.3 Å². The lowest BCUT2D eigenvalue weighted by Gasteiger charge is -2.06. The van der Waals surface area contributed by atoms with Gasteiger partial charge in [-0.3, -0.25) is 9.59 Å². The first-order chi connectivity index (χ1) is 9.54. The zero-order chi connectivity index (χ0) is 14.5. The molecular formula is C14H13BrN2O2S. The summed E-state index contributed by atoms with van der Waals surface area (Å²) in [6, 6.07) is 8.82. The minimum absolute atomic E-state index is 0.161. The van der Waals surface area contributed by atoms with Crippen molar-refractivity contribution < 1.29 is 9.59 Å². The smallest absolute Gasteiger partial charge is 0.251 e. The summed E-state index contributed by atoms with van der Waals surface area (Å²) >= 11 is 4.95. The third kappa shape index (κ3) is 4.18. The lowest BCUT2D eigenvalue weighted by Crippen LogP contribution is -2.22. The van der Waals surface area contributed by atoms with Gasteiger partial charge in [0.05, 0.1) is 6.54 Å². The summed E-state index contributed by atoms with van der Waals surface area (Å²) in [4.78, 5) is 24.1. The highest BCUT2D eigenvalue weighted by atomic mass is 79.9. The molecule has 20 heavy (non-hydrogen) atoms. The van der Waals surface area contributed by atoms with Gasteiger partial charge in [-0.1, -0.05) is 6.07 Å². The van der Waals surface area contributed by atoms with Gasteiger partial charge < -0.3 is 10.6 Å². The molecule has 0 bridgehead atoms. The van der Waals surface area contributed by atoms with Crippen LogP contribution in [0.2, 0.25) is 0 Å². The molecule has 4 nitrogen and oxygen atoms in total. The molecule has 0 aliphatic rings. The predicted octanol–water partition coefficient (Wildman–Crippen LogP) is 3.40. The molecule has 0 fully saturated rings. The minimum atomic E-state index is -0.165. The Morgan fingerprint density at radius 1 is 1.30 bits per heavy atom. The standard InChI is InChI=1S/C14H13BrN2O2S/c1-9(18)17-12-4-2-3-10(5-12)14(19)16-7-13-6-11(15)8-20-13/h2-6,8H,7H2,1H3,(H,16,19)(H,17,18). The van der Waals surface area contributed by atoms with Gasteiger partial charge in [0.25, 0.3) is 5.91 Å². The fraction of sp³-hybridized carbons (Fsp3) is 0.143. The molecule has 0 unspecified atom stereocenters. The van der Waals surface area contributed by atoms with Crippen molar-refractivity contribution in [2.75, 3.05) is 5.32 Å². The fourth-order valence-corrected chi connectivity index (χ4v) is 3.05. The quantitative estimate of drug-likeness (QED) is 0.885. The number of rotatable bonds is 4. The second kappa shape index (κ2) is 6.67. The van der Waals surface area contributed by atoms with Crippen LogP contribution in [-0.4, -0.2) is 11.8 Å². The average molecular weight is 353 g/mol. The number of halogens is 1. The van der Waals surface area contributed by atoms with E-state index >= 15 is 0 Å². The van der Waals surface area contributed by atoms with Crippen LogP contribution in [0.25, 0.3) is 0 Å². The predicted molar refractivity (Wildman–Crippen MR) is 83.9 cm³/mol. The number of benzene rings is 1. The summed E-state index contributed by atoms with van der Waals surface area (Å²) < 4.78 is 1.01. The molecule has 0 saturated heterocycles. The maximum Gasteiger partial charge on any atom is 0.251 e. The summed E-state index contributed by atoms with van der Waals surface area (Å²) in [6.07, 6.45) is 0. The van der Waals surface area contributed by atoms with Crippen LogP contribution in [0, 0.1) is 0 Å². The number of carbonyl (C=O) groups excluding carboxylic acids is 2. The van der Waals surface area contributed by atoms with Gasteiger partial charge in [0, 0.05) is 32.9 Å².